The maximum atomic E-state index is 11.6. The number of ketones is 1. The number of aliphatic hydroxyl groups is 1. The summed E-state index contributed by atoms with van der Waals surface area (Å²) in [5.41, 5.74) is 0. The molecule has 3 nitrogen and oxygen atoms in total. The van der Waals surface area contributed by atoms with E-state index in [1.54, 1.807) is 6.20 Å². The molecule has 1 heterocycles. The second kappa shape index (κ2) is 3.20. The SMILES string of the molecule is CC1CC1C(=O)c1ncc(CO)s1. The van der Waals surface area contributed by atoms with Crippen molar-refractivity contribution in [2.24, 2.45) is 11.8 Å². The minimum atomic E-state index is -0.0227. The number of carbonyl (C=O) groups excluding carboxylic acids is 1. The van der Waals surface area contributed by atoms with Crippen LogP contribution in [0.25, 0.3) is 0 Å². The number of rotatable bonds is 3. The molecule has 0 bridgehead atoms. The fraction of sp³-hybridized carbons (Fsp3) is 0.556. The highest BCUT2D eigenvalue weighted by atomic mass is 32.1. The summed E-state index contributed by atoms with van der Waals surface area (Å²) in [5, 5.41) is 9.35. The van der Waals surface area contributed by atoms with Crippen molar-refractivity contribution in [3.8, 4) is 0 Å². The van der Waals surface area contributed by atoms with Gasteiger partial charge in [-0.2, -0.15) is 0 Å². The minimum Gasteiger partial charge on any atom is -0.391 e. The van der Waals surface area contributed by atoms with Crippen LogP contribution in [-0.4, -0.2) is 15.9 Å². The summed E-state index contributed by atoms with van der Waals surface area (Å²) in [7, 11) is 0. The zero-order valence-electron chi connectivity index (χ0n) is 7.36. The second-order valence-electron chi connectivity index (χ2n) is 3.47. The number of nitrogens with zero attached hydrogens (tertiary/aromatic N) is 1. The number of thiazole rings is 1. The predicted molar refractivity (Wildman–Crippen MR) is 49.6 cm³/mol. The van der Waals surface area contributed by atoms with E-state index in [0.29, 0.717) is 10.9 Å². The van der Waals surface area contributed by atoms with Gasteiger partial charge in [-0.1, -0.05) is 6.92 Å². The van der Waals surface area contributed by atoms with Crippen molar-refractivity contribution in [1.29, 1.82) is 0 Å². The van der Waals surface area contributed by atoms with E-state index >= 15 is 0 Å². The summed E-state index contributed by atoms with van der Waals surface area (Å²) in [4.78, 5) is 16.4. The van der Waals surface area contributed by atoms with Crippen LogP contribution >= 0.6 is 11.3 Å². The molecule has 0 spiro atoms. The molecule has 0 saturated heterocycles. The average Bonchev–Trinajstić information content (AvgIpc) is 2.70. The van der Waals surface area contributed by atoms with Crippen molar-refractivity contribution in [3.63, 3.8) is 0 Å². The van der Waals surface area contributed by atoms with Gasteiger partial charge in [-0.15, -0.1) is 11.3 Å². The third-order valence-corrected chi connectivity index (χ3v) is 3.36. The van der Waals surface area contributed by atoms with Crippen LogP contribution in [0.2, 0.25) is 0 Å². The fourth-order valence-corrected chi connectivity index (χ4v) is 2.12. The van der Waals surface area contributed by atoms with Gasteiger partial charge in [0.15, 0.2) is 10.8 Å². The topological polar surface area (TPSA) is 50.2 Å². The van der Waals surface area contributed by atoms with Crippen LogP contribution in [0.1, 0.15) is 28.0 Å². The lowest BCUT2D eigenvalue weighted by Crippen LogP contribution is -2.01. The summed E-state index contributed by atoms with van der Waals surface area (Å²) < 4.78 is 0. The first kappa shape index (κ1) is 8.84. The number of Topliss-reactive ketones (excluding diaryl/α,β-unsaturated/α-hetero) is 1. The zero-order valence-corrected chi connectivity index (χ0v) is 8.17. The van der Waals surface area contributed by atoms with Gasteiger partial charge in [-0.3, -0.25) is 4.79 Å². The Morgan fingerprint density at radius 3 is 3.00 bits per heavy atom. The van der Waals surface area contributed by atoms with E-state index in [4.69, 9.17) is 5.11 Å². The molecule has 2 rings (SSSR count). The van der Waals surface area contributed by atoms with Crippen LogP contribution in [0.4, 0.5) is 0 Å². The number of aliphatic hydroxyl groups excluding tert-OH is 1. The molecule has 0 aliphatic heterocycles. The van der Waals surface area contributed by atoms with Crippen molar-refractivity contribution in [2.45, 2.75) is 20.0 Å². The van der Waals surface area contributed by atoms with Crippen molar-refractivity contribution in [1.82, 2.24) is 4.98 Å². The highest BCUT2D eigenvalue weighted by Gasteiger charge is 2.40. The predicted octanol–water partition coefficient (Wildman–Crippen LogP) is 1.47. The largest absolute Gasteiger partial charge is 0.391 e. The number of aromatic nitrogens is 1. The van der Waals surface area contributed by atoms with Crippen molar-refractivity contribution < 1.29 is 9.90 Å². The third-order valence-electron chi connectivity index (χ3n) is 2.37. The Morgan fingerprint density at radius 2 is 2.54 bits per heavy atom. The van der Waals surface area contributed by atoms with E-state index < -0.39 is 0 Å². The second-order valence-corrected chi connectivity index (χ2v) is 4.59. The normalized spacial score (nSPS) is 26.0. The van der Waals surface area contributed by atoms with Crippen LogP contribution in [0.5, 0.6) is 0 Å². The third kappa shape index (κ3) is 1.64. The summed E-state index contributed by atoms with van der Waals surface area (Å²) in [6, 6.07) is 0. The van der Waals surface area contributed by atoms with Crippen molar-refractivity contribution in [3.05, 3.63) is 16.1 Å². The Morgan fingerprint density at radius 1 is 1.85 bits per heavy atom. The van der Waals surface area contributed by atoms with Gasteiger partial charge >= 0.3 is 0 Å². The number of carbonyl (C=O) groups is 1. The van der Waals surface area contributed by atoms with Crippen LogP contribution in [-0.2, 0) is 6.61 Å². The Kier molecular flexibility index (Phi) is 2.17. The summed E-state index contributed by atoms with van der Waals surface area (Å²) in [6.07, 6.45) is 2.57. The first-order chi connectivity index (χ1) is 6.22. The monoisotopic (exact) mass is 197 g/mol. The Labute approximate surface area is 80.4 Å². The van der Waals surface area contributed by atoms with Crippen LogP contribution < -0.4 is 0 Å². The number of hydrogen-bond donors (Lipinski definition) is 1. The summed E-state index contributed by atoms with van der Waals surface area (Å²) >= 11 is 1.30. The molecule has 1 N–H and O–H groups in total. The summed E-state index contributed by atoms with van der Waals surface area (Å²) in [6.45, 7) is 2.05. The number of hydrogen-bond acceptors (Lipinski definition) is 4. The molecule has 0 aromatic carbocycles. The molecule has 1 fully saturated rings. The average molecular weight is 197 g/mol. The van der Waals surface area contributed by atoms with E-state index in [9.17, 15) is 4.79 Å². The maximum absolute atomic E-state index is 11.6. The molecule has 1 aromatic rings. The molecule has 1 saturated carbocycles. The van der Waals surface area contributed by atoms with Crippen LogP contribution in [0.3, 0.4) is 0 Å². The first-order valence-corrected chi connectivity index (χ1v) is 5.13. The van der Waals surface area contributed by atoms with E-state index in [2.05, 4.69) is 11.9 Å². The van der Waals surface area contributed by atoms with Crippen LogP contribution in [0.15, 0.2) is 6.20 Å². The summed E-state index contributed by atoms with van der Waals surface area (Å²) in [5.74, 6) is 0.865. The Bertz CT molecular complexity index is 334. The lowest BCUT2D eigenvalue weighted by atomic mass is 10.2. The highest BCUT2D eigenvalue weighted by molar-refractivity contribution is 7.13. The van der Waals surface area contributed by atoms with Crippen molar-refractivity contribution in [2.75, 3.05) is 0 Å². The van der Waals surface area contributed by atoms with Gasteiger partial charge in [-0.25, -0.2) is 4.98 Å². The molecule has 2 atom stereocenters. The zero-order chi connectivity index (χ0) is 9.42. The molecular formula is C9H11NO2S. The van der Waals surface area contributed by atoms with Gasteiger partial charge < -0.3 is 5.11 Å². The van der Waals surface area contributed by atoms with Gasteiger partial charge in [0.1, 0.15) is 0 Å². The smallest absolute Gasteiger partial charge is 0.194 e. The highest BCUT2D eigenvalue weighted by Crippen LogP contribution is 2.40. The molecule has 4 heteroatoms. The fourth-order valence-electron chi connectivity index (χ4n) is 1.34. The molecule has 2 unspecified atom stereocenters. The van der Waals surface area contributed by atoms with E-state index in [-0.39, 0.29) is 18.3 Å². The molecule has 0 amide bonds. The van der Waals surface area contributed by atoms with Crippen LogP contribution in [0, 0.1) is 11.8 Å². The Balaban J connectivity index is 2.11. The lowest BCUT2D eigenvalue weighted by molar-refractivity contribution is 0.0962. The molecule has 1 aliphatic carbocycles. The van der Waals surface area contributed by atoms with Gasteiger partial charge in [0.2, 0.25) is 0 Å². The molecule has 13 heavy (non-hydrogen) atoms. The molecule has 0 radical (unpaired) electrons. The standard InChI is InChI=1S/C9H11NO2S/c1-5-2-7(5)8(12)9-10-3-6(4-11)13-9/h3,5,7,11H,2,4H2,1H3. The molecular weight excluding hydrogens is 186 g/mol. The quantitative estimate of drug-likeness (QED) is 0.746. The minimum absolute atomic E-state index is 0.0227. The molecule has 1 aromatic heterocycles. The Hall–Kier alpha value is -0.740. The van der Waals surface area contributed by atoms with Crippen molar-refractivity contribution >= 4 is 17.1 Å². The van der Waals surface area contributed by atoms with Gasteiger partial charge in [-0.05, 0) is 12.3 Å². The maximum Gasteiger partial charge on any atom is 0.194 e. The van der Waals surface area contributed by atoms with Gasteiger partial charge in [0.25, 0.3) is 0 Å². The van der Waals surface area contributed by atoms with E-state index in [0.717, 1.165) is 11.3 Å². The van der Waals surface area contributed by atoms with Gasteiger partial charge in [0.05, 0.1) is 11.5 Å². The van der Waals surface area contributed by atoms with E-state index in [1.807, 2.05) is 0 Å². The molecule has 70 valence electrons. The first-order valence-electron chi connectivity index (χ1n) is 4.32. The van der Waals surface area contributed by atoms with E-state index in [1.165, 1.54) is 11.3 Å². The lowest BCUT2D eigenvalue weighted by Gasteiger charge is -1.90. The molecule has 1 aliphatic rings. The van der Waals surface area contributed by atoms with Gasteiger partial charge in [0, 0.05) is 12.1 Å².